The number of anilines is 1. The Hall–Kier alpha value is -1.35. The van der Waals surface area contributed by atoms with Gasteiger partial charge < -0.3 is 5.73 Å². The number of rotatable bonds is 2. The summed E-state index contributed by atoms with van der Waals surface area (Å²) < 4.78 is 0. The quantitative estimate of drug-likeness (QED) is 0.876. The summed E-state index contributed by atoms with van der Waals surface area (Å²) in [5.74, 6) is 0. The maximum absolute atomic E-state index is 6.03. The van der Waals surface area contributed by atoms with Gasteiger partial charge in [0.05, 0.1) is 5.01 Å². The lowest BCUT2D eigenvalue weighted by Gasteiger charge is -2.18. The van der Waals surface area contributed by atoms with E-state index < -0.39 is 0 Å². The molecule has 0 saturated heterocycles. The molecule has 1 aromatic carbocycles. The second kappa shape index (κ2) is 4.73. The van der Waals surface area contributed by atoms with Gasteiger partial charge in [0.25, 0.3) is 0 Å². The van der Waals surface area contributed by atoms with Crippen LogP contribution in [0.15, 0.2) is 24.3 Å². The molecule has 2 N–H and O–H groups in total. The van der Waals surface area contributed by atoms with Crippen molar-refractivity contribution < 1.29 is 0 Å². The van der Waals surface area contributed by atoms with Gasteiger partial charge in [-0.1, -0.05) is 52.0 Å². The molecule has 0 radical (unpaired) electrons. The highest BCUT2D eigenvalue weighted by atomic mass is 32.1. The lowest BCUT2D eigenvalue weighted by molar-refractivity contribution is 0.590. The molecule has 0 unspecified atom stereocenters. The molecule has 0 aliphatic rings. The largest absolute Gasteiger partial charge is 0.389 e. The van der Waals surface area contributed by atoms with Gasteiger partial charge in [-0.15, -0.1) is 11.3 Å². The highest BCUT2D eigenvalue weighted by Crippen LogP contribution is 2.32. The van der Waals surface area contributed by atoms with Crippen LogP contribution >= 0.6 is 11.3 Å². The first-order valence-electron chi connectivity index (χ1n) is 6.28. The van der Waals surface area contributed by atoms with Crippen molar-refractivity contribution in [2.75, 3.05) is 5.73 Å². The van der Waals surface area contributed by atoms with Gasteiger partial charge in [0.2, 0.25) is 0 Å². The van der Waals surface area contributed by atoms with Crippen LogP contribution < -0.4 is 5.73 Å². The fourth-order valence-electron chi connectivity index (χ4n) is 1.86. The molecule has 0 amide bonds. The predicted octanol–water partition coefficient (Wildman–Crippen LogP) is 4.25. The minimum atomic E-state index is 0.181. The number of nitrogen functional groups attached to an aromatic ring is 1. The molecule has 0 bridgehead atoms. The van der Waals surface area contributed by atoms with E-state index in [1.165, 1.54) is 5.56 Å². The summed E-state index contributed by atoms with van der Waals surface area (Å²) in [7, 11) is 0. The first-order chi connectivity index (χ1) is 8.41. The first kappa shape index (κ1) is 13.1. The monoisotopic (exact) mass is 260 g/mol. The predicted molar refractivity (Wildman–Crippen MR) is 80.0 cm³/mol. The Balaban J connectivity index is 2.37. The Morgan fingerprint density at radius 1 is 1.17 bits per heavy atom. The number of hydrogen-bond acceptors (Lipinski definition) is 3. The van der Waals surface area contributed by atoms with Crippen molar-refractivity contribution in [1.29, 1.82) is 0 Å². The normalized spacial score (nSPS) is 11.8. The Bertz CT molecular complexity index is 533. The topological polar surface area (TPSA) is 38.9 Å². The summed E-state index contributed by atoms with van der Waals surface area (Å²) in [6.45, 7) is 8.75. The highest BCUT2D eigenvalue weighted by Gasteiger charge is 2.14. The van der Waals surface area contributed by atoms with Crippen molar-refractivity contribution in [3.63, 3.8) is 0 Å². The van der Waals surface area contributed by atoms with E-state index in [0.29, 0.717) is 0 Å². The zero-order chi connectivity index (χ0) is 13.3. The maximum atomic E-state index is 6.03. The van der Waals surface area contributed by atoms with Crippen molar-refractivity contribution in [2.45, 2.75) is 39.5 Å². The molecule has 2 nitrogen and oxygen atoms in total. The van der Waals surface area contributed by atoms with Gasteiger partial charge in [0.15, 0.2) is 0 Å². The van der Waals surface area contributed by atoms with Gasteiger partial charge in [-0.3, -0.25) is 0 Å². The standard InChI is InChI=1S/C15H20N2S/c1-5-12-17-13(14(16)18-12)10-6-8-11(9-7-10)15(2,3)4/h6-9H,5,16H2,1-4H3. The number of aryl methyl sites for hydroxylation is 1. The molecular weight excluding hydrogens is 240 g/mol. The van der Waals surface area contributed by atoms with Crippen LogP contribution in [0.1, 0.15) is 38.3 Å². The molecule has 96 valence electrons. The Morgan fingerprint density at radius 3 is 2.22 bits per heavy atom. The third-order valence-corrected chi connectivity index (χ3v) is 4.05. The van der Waals surface area contributed by atoms with Crippen molar-refractivity contribution >= 4 is 16.3 Å². The summed E-state index contributed by atoms with van der Waals surface area (Å²) in [5.41, 5.74) is 9.58. The van der Waals surface area contributed by atoms with Crippen LogP contribution in [-0.2, 0) is 11.8 Å². The fourth-order valence-corrected chi connectivity index (χ4v) is 2.66. The lowest BCUT2D eigenvalue weighted by Crippen LogP contribution is -2.10. The van der Waals surface area contributed by atoms with E-state index >= 15 is 0 Å². The van der Waals surface area contributed by atoms with E-state index in [4.69, 9.17) is 5.73 Å². The number of nitrogens with zero attached hydrogens (tertiary/aromatic N) is 1. The van der Waals surface area contributed by atoms with E-state index in [2.05, 4.69) is 56.9 Å². The number of benzene rings is 1. The molecule has 18 heavy (non-hydrogen) atoms. The molecule has 0 atom stereocenters. The highest BCUT2D eigenvalue weighted by molar-refractivity contribution is 7.16. The second-order valence-electron chi connectivity index (χ2n) is 5.50. The van der Waals surface area contributed by atoms with Crippen LogP contribution in [0.2, 0.25) is 0 Å². The van der Waals surface area contributed by atoms with Crippen molar-refractivity contribution in [1.82, 2.24) is 4.98 Å². The third-order valence-electron chi connectivity index (χ3n) is 3.02. The molecule has 2 rings (SSSR count). The van der Waals surface area contributed by atoms with E-state index in [9.17, 15) is 0 Å². The van der Waals surface area contributed by atoms with Gasteiger partial charge in [-0.2, -0.15) is 0 Å². The number of hydrogen-bond donors (Lipinski definition) is 1. The Labute approximate surface area is 113 Å². The van der Waals surface area contributed by atoms with E-state index in [1.807, 2.05) is 0 Å². The van der Waals surface area contributed by atoms with Gasteiger partial charge in [-0.05, 0) is 17.4 Å². The van der Waals surface area contributed by atoms with Crippen LogP contribution in [0.25, 0.3) is 11.3 Å². The average Bonchev–Trinajstić information content (AvgIpc) is 2.70. The molecule has 0 fully saturated rings. The van der Waals surface area contributed by atoms with Crippen LogP contribution in [-0.4, -0.2) is 4.98 Å². The van der Waals surface area contributed by atoms with Crippen LogP contribution in [0.3, 0.4) is 0 Å². The summed E-state index contributed by atoms with van der Waals surface area (Å²) in [6.07, 6.45) is 0.939. The van der Waals surface area contributed by atoms with Gasteiger partial charge in [0.1, 0.15) is 10.7 Å². The number of nitrogens with two attached hydrogens (primary N) is 1. The molecule has 0 spiro atoms. The van der Waals surface area contributed by atoms with Gasteiger partial charge >= 0.3 is 0 Å². The summed E-state index contributed by atoms with van der Waals surface area (Å²) >= 11 is 1.59. The third kappa shape index (κ3) is 2.56. The van der Waals surface area contributed by atoms with E-state index in [1.54, 1.807) is 11.3 Å². The summed E-state index contributed by atoms with van der Waals surface area (Å²) in [5, 5.41) is 1.91. The lowest BCUT2D eigenvalue weighted by atomic mass is 9.86. The smallest absolute Gasteiger partial charge is 0.114 e. The molecule has 2 aromatic rings. The van der Waals surface area contributed by atoms with Crippen molar-refractivity contribution in [3.8, 4) is 11.3 Å². The molecule has 0 aliphatic carbocycles. The molecule has 3 heteroatoms. The molecule has 0 saturated carbocycles. The fraction of sp³-hybridized carbons (Fsp3) is 0.400. The van der Waals surface area contributed by atoms with Crippen LogP contribution in [0, 0.1) is 0 Å². The maximum Gasteiger partial charge on any atom is 0.114 e. The second-order valence-corrected chi connectivity index (χ2v) is 6.62. The SMILES string of the molecule is CCc1nc(-c2ccc(C(C)(C)C)cc2)c(N)s1. The van der Waals surface area contributed by atoms with Crippen LogP contribution in [0.4, 0.5) is 5.00 Å². The summed E-state index contributed by atoms with van der Waals surface area (Å²) in [6, 6.07) is 8.57. The van der Waals surface area contributed by atoms with E-state index in [-0.39, 0.29) is 5.41 Å². The van der Waals surface area contributed by atoms with Crippen molar-refractivity contribution in [2.24, 2.45) is 0 Å². The Morgan fingerprint density at radius 2 is 1.78 bits per heavy atom. The molecular formula is C15H20N2S. The average molecular weight is 260 g/mol. The van der Waals surface area contributed by atoms with Crippen molar-refractivity contribution in [3.05, 3.63) is 34.8 Å². The summed E-state index contributed by atoms with van der Waals surface area (Å²) in [4.78, 5) is 4.58. The zero-order valence-electron chi connectivity index (χ0n) is 11.4. The van der Waals surface area contributed by atoms with Gasteiger partial charge in [-0.25, -0.2) is 4.98 Å². The number of aromatic nitrogens is 1. The minimum absolute atomic E-state index is 0.181. The molecule has 1 heterocycles. The van der Waals surface area contributed by atoms with Gasteiger partial charge in [0, 0.05) is 5.56 Å². The first-order valence-corrected chi connectivity index (χ1v) is 7.09. The Kier molecular flexibility index (Phi) is 3.44. The van der Waals surface area contributed by atoms with E-state index in [0.717, 1.165) is 27.7 Å². The van der Waals surface area contributed by atoms with Crippen LogP contribution in [0.5, 0.6) is 0 Å². The number of thiazole rings is 1. The minimum Gasteiger partial charge on any atom is -0.389 e. The zero-order valence-corrected chi connectivity index (χ0v) is 12.3. The molecule has 1 aromatic heterocycles. The molecule has 0 aliphatic heterocycles.